The number of aryl methyl sites for hydroxylation is 2. The van der Waals surface area contributed by atoms with Gasteiger partial charge < -0.3 is 10.1 Å². The molecule has 1 amide bonds. The number of thioether (sulfide) groups is 1. The number of amides is 1. The Labute approximate surface area is 162 Å². The summed E-state index contributed by atoms with van der Waals surface area (Å²) in [4.78, 5) is 31.5. The van der Waals surface area contributed by atoms with Crippen LogP contribution in [0, 0.1) is 13.8 Å². The summed E-state index contributed by atoms with van der Waals surface area (Å²) in [6, 6.07) is 0. The zero-order valence-electron chi connectivity index (χ0n) is 15.9. The summed E-state index contributed by atoms with van der Waals surface area (Å²) in [6.07, 6.45) is 1.63. The molecular formula is C18H27N3O3S2. The molecule has 2 aromatic rings. The molecule has 0 bridgehead atoms. The summed E-state index contributed by atoms with van der Waals surface area (Å²) >= 11 is 2.85. The summed E-state index contributed by atoms with van der Waals surface area (Å²) in [7, 11) is 0. The maximum absolute atomic E-state index is 13.0. The van der Waals surface area contributed by atoms with Gasteiger partial charge in [-0.25, -0.2) is 4.98 Å². The third kappa shape index (κ3) is 5.08. The van der Waals surface area contributed by atoms with E-state index in [1.165, 1.54) is 23.1 Å². The van der Waals surface area contributed by atoms with E-state index in [-0.39, 0.29) is 17.2 Å². The van der Waals surface area contributed by atoms with Crippen LogP contribution in [0.5, 0.6) is 0 Å². The van der Waals surface area contributed by atoms with Crippen LogP contribution in [-0.4, -0.2) is 41.0 Å². The summed E-state index contributed by atoms with van der Waals surface area (Å²) in [6.45, 7) is 10.4. The third-order valence-corrected chi connectivity index (χ3v) is 6.11. The zero-order chi connectivity index (χ0) is 19.1. The lowest BCUT2D eigenvalue weighted by atomic mass is 10.2. The van der Waals surface area contributed by atoms with Crippen LogP contribution in [0.1, 0.15) is 37.1 Å². The second-order valence-corrected chi connectivity index (χ2v) is 8.15. The molecule has 0 saturated heterocycles. The first-order valence-corrected chi connectivity index (χ1v) is 10.8. The average Bonchev–Trinajstić information content (AvgIpc) is 2.91. The first kappa shape index (κ1) is 20.9. The van der Waals surface area contributed by atoms with Crippen LogP contribution in [0.25, 0.3) is 10.2 Å². The molecule has 26 heavy (non-hydrogen) atoms. The Kier molecular flexibility index (Phi) is 8.12. The number of ether oxygens (including phenoxy) is 1. The number of carbonyl (C=O) groups excluding carboxylic acids is 1. The van der Waals surface area contributed by atoms with Crippen molar-refractivity contribution in [3.8, 4) is 0 Å². The Morgan fingerprint density at radius 3 is 2.81 bits per heavy atom. The fourth-order valence-corrected chi connectivity index (χ4v) is 4.46. The van der Waals surface area contributed by atoms with Crippen molar-refractivity contribution in [2.45, 2.75) is 52.2 Å². The lowest BCUT2D eigenvalue weighted by Crippen LogP contribution is -2.27. The Balaban J connectivity index is 2.29. The Morgan fingerprint density at radius 1 is 1.35 bits per heavy atom. The average molecular weight is 398 g/mol. The molecule has 0 saturated carbocycles. The van der Waals surface area contributed by atoms with Crippen molar-refractivity contribution < 1.29 is 9.53 Å². The molecule has 2 aromatic heterocycles. The Hall–Kier alpha value is -1.38. The van der Waals surface area contributed by atoms with E-state index in [0.29, 0.717) is 36.8 Å². The smallest absolute Gasteiger partial charge is 0.263 e. The molecule has 0 radical (unpaired) electrons. The molecule has 0 fully saturated rings. The topological polar surface area (TPSA) is 73.2 Å². The number of carbonyl (C=O) groups is 1. The lowest BCUT2D eigenvalue weighted by molar-refractivity contribution is -0.118. The molecule has 0 aliphatic rings. The van der Waals surface area contributed by atoms with Crippen LogP contribution >= 0.6 is 23.1 Å². The van der Waals surface area contributed by atoms with Gasteiger partial charge in [0.2, 0.25) is 5.91 Å². The quantitative estimate of drug-likeness (QED) is 0.379. The van der Waals surface area contributed by atoms with E-state index in [2.05, 4.69) is 5.32 Å². The number of aromatic nitrogens is 2. The largest absolute Gasteiger partial charge is 0.382 e. The number of fused-ring (bicyclic) bond motifs is 1. The van der Waals surface area contributed by atoms with Crippen molar-refractivity contribution in [3.63, 3.8) is 0 Å². The van der Waals surface area contributed by atoms with Crippen molar-refractivity contribution in [1.82, 2.24) is 14.9 Å². The van der Waals surface area contributed by atoms with Gasteiger partial charge in [-0.15, -0.1) is 11.3 Å². The highest BCUT2D eigenvalue weighted by molar-refractivity contribution is 7.99. The second-order valence-electron chi connectivity index (χ2n) is 6.00. The van der Waals surface area contributed by atoms with E-state index < -0.39 is 0 Å². The van der Waals surface area contributed by atoms with Gasteiger partial charge in [-0.05, 0) is 39.2 Å². The normalized spacial score (nSPS) is 11.2. The molecule has 0 atom stereocenters. The van der Waals surface area contributed by atoms with Crippen LogP contribution in [-0.2, 0) is 16.1 Å². The first-order chi connectivity index (χ1) is 12.5. The van der Waals surface area contributed by atoms with E-state index in [1.54, 1.807) is 4.57 Å². The number of thiophene rings is 1. The fourth-order valence-electron chi connectivity index (χ4n) is 2.53. The summed E-state index contributed by atoms with van der Waals surface area (Å²) in [5.74, 6) is 0.220. The van der Waals surface area contributed by atoms with Crippen molar-refractivity contribution in [1.29, 1.82) is 0 Å². The van der Waals surface area contributed by atoms with Crippen LogP contribution in [0.15, 0.2) is 9.95 Å². The first-order valence-electron chi connectivity index (χ1n) is 8.97. The minimum absolute atomic E-state index is 0.0233. The summed E-state index contributed by atoms with van der Waals surface area (Å²) in [5, 5.41) is 4.16. The number of hydrogen-bond acceptors (Lipinski definition) is 6. The van der Waals surface area contributed by atoms with E-state index in [0.717, 1.165) is 28.1 Å². The number of nitrogens with zero attached hydrogens (tertiary/aromatic N) is 2. The van der Waals surface area contributed by atoms with Crippen LogP contribution in [0.3, 0.4) is 0 Å². The molecule has 2 rings (SSSR count). The number of hydrogen-bond donors (Lipinski definition) is 1. The molecule has 8 heteroatoms. The summed E-state index contributed by atoms with van der Waals surface area (Å²) < 4.78 is 7.08. The summed E-state index contributed by atoms with van der Waals surface area (Å²) in [5.41, 5.74) is 0.975. The van der Waals surface area contributed by atoms with Gasteiger partial charge in [-0.3, -0.25) is 14.2 Å². The molecule has 0 aliphatic heterocycles. The minimum atomic E-state index is -0.0365. The number of rotatable bonds is 10. The third-order valence-electron chi connectivity index (χ3n) is 4.03. The highest BCUT2D eigenvalue weighted by Crippen LogP contribution is 2.28. The lowest BCUT2D eigenvalue weighted by Gasteiger charge is -2.12. The molecule has 1 N–H and O–H groups in total. The van der Waals surface area contributed by atoms with E-state index in [1.807, 2.05) is 27.7 Å². The van der Waals surface area contributed by atoms with Crippen molar-refractivity contribution in [3.05, 3.63) is 20.8 Å². The fraction of sp³-hybridized carbons (Fsp3) is 0.611. The van der Waals surface area contributed by atoms with Gasteiger partial charge >= 0.3 is 0 Å². The molecule has 144 valence electrons. The Bertz CT molecular complexity index is 814. The van der Waals surface area contributed by atoms with E-state index in [4.69, 9.17) is 9.72 Å². The van der Waals surface area contributed by atoms with E-state index >= 15 is 0 Å². The van der Waals surface area contributed by atoms with Crippen molar-refractivity contribution in [2.24, 2.45) is 0 Å². The SMILES string of the molecule is CCCNC(=O)CSc1nc2sc(C)c(C)c2c(=O)n1CCCOCC. The van der Waals surface area contributed by atoms with Gasteiger partial charge in [0.15, 0.2) is 5.16 Å². The van der Waals surface area contributed by atoms with Crippen LogP contribution < -0.4 is 10.9 Å². The molecule has 0 unspecified atom stereocenters. The second kappa shape index (κ2) is 10.1. The van der Waals surface area contributed by atoms with Gasteiger partial charge in [-0.2, -0.15) is 0 Å². The van der Waals surface area contributed by atoms with Crippen molar-refractivity contribution >= 4 is 39.2 Å². The maximum atomic E-state index is 13.0. The van der Waals surface area contributed by atoms with Crippen LogP contribution in [0.2, 0.25) is 0 Å². The molecule has 0 aromatic carbocycles. The molecule has 0 aliphatic carbocycles. The van der Waals surface area contributed by atoms with Gasteiger partial charge in [0, 0.05) is 31.2 Å². The monoisotopic (exact) mass is 397 g/mol. The predicted octanol–water partition coefficient (Wildman–Crippen LogP) is 3.12. The minimum Gasteiger partial charge on any atom is -0.382 e. The highest BCUT2D eigenvalue weighted by Gasteiger charge is 2.17. The van der Waals surface area contributed by atoms with Gasteiger partial charge in [0.25, 0.3) is 5.56 Å². The molecule has 2 heterocycles. The molecular weight excluding hydrogens is 370 g/mol. The molecule has 6 nitrogen and oxygen atoms in total. The van der Waals surface area contributed by atoms with Crippen LogP contribution in [0.4, 0.5) is 0 Å². The van der Waals surface area contributed by atoms with E-state index in [9.17, 15) is 9.59 Å². The van der Waals surface area contributed by atoms with Crippen molar-refractivity contribution in [2.75, 3.05) is 25.5 Å². The standard InChI is InChI=1S/C18H27N3O3S2/c1-5-8-19-14(22)11-25-18-20-16-15(12(3)13(4)26-16)17(23)21(18)9-7-10-24-6-2/h5-11H2,1-4H3,(H,19,22). The molecule has 0 spiro atoms. The zero-order valence-corrected chi connectivity index (χ0v) is 17.5. The van der Waals surface area contributed by atoms with Gasteiger partial charge in [-0.1, -0.05) is 18.7 Å². The highest BCUT2D eigenvalue weighted by atomic mass is 32.2. The number of nitrogens with one attached hydrogen (secondary N) is 1. The van der Waals surface area contributed by atoms with Gasteiger partial charge in [0.1, 0.15) is 4.83 Å². The van der Waals surface area contributed by atoms with Gasteiger partial charge in [0.05, 0.1) is 11.1 Å². The Morgan fingerprint density at radius 2 is 2.12 bits per heavy atom. The predicted molar refractivity (Wildman–Crippen MR) is 108 cm³/mol. The maximum Gasteiger partial charge on any atom is 0.263 e.